The van der Waals surface area contributed by atoms with Crippen LogP contribution in [-0.4, -0.2) is 22.8 Å². The van der Waals surface area contributed by atoms with Crippen molar-refractivity contribution in [3.8, 4) is 6.07 Å². The van der Waals surface area contributed by atoms with Gasteiger partial charge in [-0.2, -0.15) is 5.26 Å². The first-order valence-corrected chi connectivity index (χ1v) is 7.53. The maximum absolute atomic E-state index is 10.9. The van der Waals surface area contributed by atoms with Crippen molar-refractivity contribution in [2.45, 2.75) is 37.1 Å². The lowest BCUT2D eigenvalue weighted by Crippen LogP contribution is -2.40. The van der Waals surface area contributed by atoms with Gasteiger partial charge < -0.3 is 0 Å². The molecule has 0 aliphatic carbocycles. The number of nitro benzene ring substituents is 1. The number of thioether (sulfide) groups is 1. The number of nitro groups is 1. The molecule has 1 atom stereocenters. The van der Waals surface area contributed by atoms with E-state index in [0.717, 1.165) is 25.1 Å². The van der Waals surface area contributed by atoms with E-state index < -0.39 is 5.54 Å². The van der Waals surface area contributed by atoms with E-state index in [0.29, 0.717) is 4.90 Å². The molecular weight excluding hydrogens is 274 g/mol. The number of para-hydroxylation sites is 1. The molecule has 0 saturated carbocycles. The molecule has 20 heavy (non-hydrogen) atoms. The number of nitrogens with one attached hydrogen (secondary N) is 1. The molecule has 6 heteroatoms. The summed E-state index contributed by atoms with van der Waals surface area (Å²) in [4.78, 5) is 11.2. The van der Waals surface area contributed by atoms with Crippen molar-refractivity contribution in [1.29, 1.82) is 5.26 Å². The third-order valence-electron chi connectivity index (χ3n) is 2.95. The fourth-order valence-electron chi connectivity index (χ4n) is 1.91. The van der Waals surface area contributed by atoms with Crippen LogP contribution in [0.25, 0.3) is 0 Å². The first-order chi connectivity index (χ1) is 9.52. The standard InChI is InChI=1S/C14H19N3O2S/c1-3-16-14(2,11-15)9-6-10-20-13-8-5-4-7-12(13)17(18)19/h4-5,7-8,16H,3,6,9-10H2,1-2H3. The monoisotopic (exact) mass is 293 g/mol. The fourth-order valence-corrected chi connectivity index (χ4v) is 2.89. The zero-order chi connectivity index (χ0) is 15.0. The van der Waals surface area contributed by atoms with Gasteiger partial charge in [0.1, 0.15) is 5.54 Å². The Morgan fingerprint density at radius 2 is 2.20 bits per heavy atom. The minimum atomic E-state index is -0.516. The van der Waals surface area contributed by atoms with Crippen molar-refractivity contribution in [2.24, 2.45) is 0 Å². The van der Waals surface area contributed by atoms with Crippen LogP contribution in [0.2, 0.25) is 0 Å². The summed E-state index contributed by atoms with van der Waals surface area (Å²) in [6.45, 7) is 4.60. The van der Waals surface area contributed by atoms with Crippen LogP contribution in [-0.2, 0) is 0 Å². The zero-order valence-electron chi connectivity index (χ0n) is 11.8. The van der Waals surface area contributed by atoms with Gasteiger partial charge in [0.25, 0.3) is 5.69 Å². The van der Waals surface area contributed by atoms with Gasteiger partial charge in [0.2, 0.25) is 0 Å². The van der Waals surface area contributed by atoms with Gasteiger partial charge >= 0.3 is 0 Å². The Morgan fingerprint density at radius 3 is 2.80 bits per heavy atom. The molecule has 1 unspecified atom stereocenters. The Kier molecular flexibility index (Phi) is 6.49. The molecule has 0 amide bonds. The van der Waals surface area contributed by atoms with Crippen molar-refractivity contribution in [2.75, 3.05) is 12.3 Å². The molecule has 0 bridgehead atoms. The lowest BCUT2D eigenvalue weighted by atomic mass is 9.98. The van der Waals surface area contributed by atoms with Crippen LogP contribution in [0.3, 0.4) is 0 Å². The summed E-state index contributed by atoms with van der Waals surface area (Å²) >= 11 is 1.47. The molecule has 0 spiro atoms. The van der Waals surface area contributed by atoms with E-state index in [9.17, 15) is 10.1 Å². The number of nitrogens with zero attached hydrogens (tertiary/aromatic N) is 2. The average molecular weight is 293 g/mol. The van der Waals surface area contributed by atoms with E-state index in [4.69, 9.17) is 5.26 Å². The third kappa shape index (κ3) is 4.83. The lowest BCUT2D eigenvalue weighted by Gasteiger charge is -2.22. The van der Waals surface area contributed by atoms with Gasteiger partial charge in [-0.3, -0.25) is 15.4 Å². The van der Waals surface area contributed by atoms with Crippen molar-refractivity contribution in [3.63, 3.8) is 0 Å². The molecule has 108 valence electrons. The Balaban J connectivity index is 2.50. The Hall–Kier alpha value is -1.58. The van der Waals surface area contributed by atoms with Crippen LogP contribution in [0.4, 0.5) is 5.69 Å². The summed E-state index contributed by atoms with van der Waals surface area (Å²) in [5, 5.41) is 23.2. The molecule has 0 radical (unpaired) electrons. The summed E-state index contributed by atoms with van der Waals surface area (Å²) < 4.78 is 0. The largest absolute Gasteiger partial charge is 0.300 e. The molecular formula is C14H19N3O2S. The highest BCUT2D eigenvalue weighted by atomic mass is 32.2. The molecule has 0 aliphatic heterocycles. The van der Waals surface area contributed by atoms with Gasteiger partial charge in [-0.15, -0.1) is 11.8 Å². The van der Waals surface area contributed by atoms with Crippen LogP contribution >= 0.6 is 11.8 Å². The van der Waals surface area contributed by atoms with E-state index in [-0.39, 0.29) is 10.6 Å². The van der Waals surface area contributed by atoms with E-state index in [2.05, 4.69) is 11.4 Å². The molecule has 0 aromatic heterocycles. The zero-order valence-corrected chi connectivity index (χ0v) is 12.6. The molecule has 1 rings (SSSR count). The molecule has 0 heterocycles. The number of hydrogen-bond acceptors (Lipinski definition) is 5. The molecule has 0 fully saturated rings. The number of hydrogen-bond donors (Lipinski definition) is 1. The summed E-state index contributed by atoms with van der Waals surface area (Å²) in [7, 11) is 0. The van der Waals surface area contributed by atoms with Gasteiger partial charge in [-0.25, -0.2) is 0 Å². The predicted octanol–water partition coefficient (Wildman–Crippen LogP) is 3.36. The van der Waals surface area contributed by atoms with E-state index in [1.54, 1.807) is 18.2 Å². The Morgan fingerprint density at radius 1 is 1.50 bits per heavy atom. The second kappa shape index (κ2) is 7.88. The predicted molar refractivity (Wildman–Crippen MR) is 80.7 cm³/mol. The van der Waals surface area contributed by atoms with Crippen molar-refractivity contribution in [3.05, 3.63) is 34.4 Å². The first-order valence-electron chi connectivity index (χ1n) is 6.55. The highest BCUT2D eigenvalue weighted by Crippen LogP contribution is 2.29. The normalized spacial score (nSPS) is 13.4. The van der Waals surface area contributed by atoms with E-state index in [1.807, 2.05) is 13.8 Å². The summed E-state index contributed by atoms with van der Waals surface area (Å²) in [5.74, 6) is 0.757. The van der Waals surface area contributed by atoms with Gasteiger partial charge in [0.05, 0.1) is 15.9 Å². The van der Waals surface area contributed by atoms with Gasteiger partial charge in [-0.05, 0) is 38.1 Å². The third-order valence-corrected chi connectivity index (χ3v) is 4.10. The SMILES string of the molecule is CCNC(C)(C#N)CCCSc1ccccc1[N+](=O)[O-]. The van der Waals surface area contributed by atoms with Gasteiger partial charge in [-0.1, -0.05) is 19.1 Å². The van der Waals surface area contributed by atoms with E-state index in [1.165, 1.54) is 17.8 Å². The summed E-state index contributed by atoms with van der Waals surface area (Å²) in [6, 6.07) is 9.02. The van der Waals surface area contributed by atoms with Crippen molar-refractivity contribution < 1.29 is 4.92 Å². The molecule has 0 saturated heterocycles. The van der Waals surface area contributed by atoms with Crippen molar-refractivity contribution in [1.82, 2.24) is 5.32 Å². The number of benzene rings is 1. The lowest BCUT2D eigenvalue weighted by molar-refractivity contribution is -0.387. The second-order valence-electron chi connectivity index (χ2n) is 4.65. The maximum Gasteiger partial charge on any atom is 0.282 e. The highest BCUT2D eigenvalue weighted by Gasteiger charge is 2.21. The fraction of sp³-hybridized carbons (Fsp3) is 0.500. The molecule has 1 aromatic carbocycles. The Bertz CT molecular complexity index is 501. The molecule has 0 aliphatic rings. The van der Waals surface area contributed by atoms with E-state index >= 15 is 0 Å². The van der Waals surface area contributed by atoms with Gasteiger partial charge in [0, 0.05) is 6.07 Å². The van der Waals surface area contributed by atoms with Crippen LogP contribution in [0.5, 0.6) is 0 Å². The van der Waals surface area contributed by atoms with Crippen LogP contribution < -0.4 is 5.32 Å². The highest BCUT2D eigenvalue weighted by molar-refractivity contribution is 7.99. The summed E-state index contributed by atoms with van der Waals surface area (Å²) in [5.41, 5.74) is -0.370. The minimum absolute atomic E-state index is 0.146. The average Bonchev–Trinajstić information content (AvgIpc) is 2.44. The van der Waals surface area contributed by atoms with Gasteiger partial charge in [0.15, 0.2) is 0 Å². The van der Waals surface area contributed by atoms with Crippen LogP contribution in [0.15, 0.2) is 29.2 Å². The molecule has 5 nitrogen and oxygen atoms in total. The smallest absolute Gasteiger partial charge is 0.282 e. The quantitative estimate of drug-likeness (QED) is 0.344. The Labute approximate surface area is 123 Å². The number of nitriles is 1. The molecule has 1 N–H and O–H groups in total. The van der Waals surface area contributed by atoms with Crippen LogP contribution in [0, 0.1) is 21.4 Å². The van der Waals surface area contributed by atoms with Crippen molar-refractivity contribution >= 4 is 17.4 Å². The number of rotatable bonds is 8. The maximum atomic E-state index is 10.9. The minimum Gasteiger partial charge on any atom is -0.300 e. The second-order valence-corrected chi connectivity index (χ2v) is 5.79. The summed E-state index contributed by atoms with van der Waals surface area (Å²) in [6.07, 6.45) is 1.55. The molecule has 1 aromatic rings. The topological polar surface area (TPSA) is 79.0 Å². The van der Waals surface area contributed by atoms with Crippen LogP contribution in [0.1, 0.15) is 26.7 Å². The first kappa shape index (κ1) is 16.5.